The molecule has 1 saturated heterocycles. The van der Waals surface area contributed by atoms with Crippen molar-refractivity contribution in [1.82, 2.24) is 4.90 Å². The number of nitrogens with zero attached hydrogens (tertiary/aromatic N) is 1. The normalized spacial score (nSPS) is 19.3. The van der Waals surface area contributed by atoms with Gasteiger partial charge in [0.25, 0.3) is 0 Å². The molecule has 0 bridgehead atoms. The molecular weight excluding hydrogens is 244 g/mol. The predicted molar refractivity (Wildman–Crippen MR) is 84.8 cm³/mol. The van der Waals surface area contributed by atoms with Crippen molar-refractivity contribution in [3.05, 3.63) is 65.7 Å². The fourth-order valence-corrected chi connectivity index (χ4v) is 3.05. The van der Waals surface area contributed by atoms with Crippen LogP contribution in [0.15, 0.2) is 54.6 Å². The van der Waals surface area contributed by atoms with E-state index in [9.17, 15) is 0 Å². The summed E-state index contributed by atoms with van der Waals surface area (Å²) in [5.74, 6) is 0.647. The third-order valence-corrected chi connectivity index (χ3v) is 4.21. The second kappa shape index (κ2) is 6.10. The Hall–Kier alpha value is -1.80. The number of benzene rings is 2. The van der Waals surface area contributed by atoms with Crippen LogP contribution in [0.4, 0.5) is 5.69 Å². The molecule has 2 nitrogen and oxygen atoms in total. The Balaban J connectivity index is 1.55. The number of hydrogen-bond acceptors (Lipinski definition) is 2. The van der Waals surface area contributed by atoms with Crippen molar-refractivity contribution in [2.75, 3.05) is 25.4 Å². The summed E-state index contributed by atoms with van der Waals surface area (Å²) in [6, 6.07) is 19.1. The van der Waals surface area contributed by atoms with Gasteiger partial charge < -0.3 is 10.6 Å². The summed E-state index contributed by atoms with van der Waals surface area (Å²) in [6.07, 6.45) is 2.39. The summed E-state index contributed by atoms with van der Waals surface area (Å²) in [5, 5.41) is 0. The molecule has 0 saturated carbocycles. The number of nitrogens with two attached hydrogens (primary N) is 1. The lowest BCUT2D eigenvalue weighted by Crippen LogP contribution is -2.23. The van der Waals surface area contributed by atoms with E-state index in [0.717, 1.165) is 25.2 Å². The van der Waals surface area contributed by atoms with Crippen molar-refractivity contribution in [2.24, 2.45) is 0 Å². The van der Waals surface area contributed by atoms with Crippen molar-refractivity contribution in [1.29, 1.82) is 0 Å². The Kier molecular flexibility index (Phi) is 4.03. The molecule has 2 aromatic rings. The SMILES string of the molecule is Nc1cccc(C2CCN(CCc3ccccc3)C2)c1. The van der Waals surface area contributed by atoms with Crippen molar-refractivity contribution in [2.45, 2.75) is 18.8 Å². The summed E-state index contributed by atoms with van der Waals surface area (Å²) in [6.45, 7) is 3.52. The maximum Gasteiger partial charge on any atom is 0.0316 e. The highest BCUT2D eigenvalue weighted by molar-refractivity contribution is 5.42. The van der Waals surface area contributed by atoms with Crippen LogP contribution in [-0.4, -0.2) is 24.5 Å². The molecular formula is C18H22N2. The summed E-state index contributed by atoms with van der Waals surface area (Å²) in [5.41, 5.74) is 9.59. The van der Waals surface area contributed by atoms with Gasteiger partial charge in [-0.3, -0.25) is 0 Å². The smallest absolute Gasteiger partial charge is 0.0316 e. The molecule has 1 aliphatic rings. The summed E-state index contributed by atoms with van der Waals surface area (Å²) in [7, 11) is 0. The first kappa shape index (κ1) is 13.2. The van der Waals surface area contributed by atoms with Gasteiger partial charge in [-0.25, -0.2) is 0 Å². The van der Waals surface area contributed by atoms with Crippen LogP contribution in [0.2, 0.25) is 0 Å². The summed E-state index contributed by atoms with van der Waals surface area (Å²) < 4.78 is 0. The van der Waals surface area contributed by atoms with Crippen molar-refractivity contribution in [3.63, 3.8) is 0 Å². The van der Waals surface area contributed by atoms with E-state index in [0.29, 0.717) is 5.92 Å². The van der Waals surface area contributed by atoms with Crippen LogP contribution < -0.4 is 5.73 Å². The maximum absolute atomic E-state index is 5.88. The number of likely N-dealkylation sites (tertiary alicyclic amines) is 1. The molecule has 2 heteroatoms. The molecule has 2 N–H and O–H groups in total. The Morgan fingerprint density at radius 1 is 1.05 bits per heavy atom. The Morgan fingerprint density at radius 3 is 2.70 bits per heavy atom. The second-order valence-electron chi connectivity index (χ2n) is 5.69. The minimum atomic E-state index is 0.647. The zero-order valence-corrected chi connectivity index (χ0v) is 11.8. The molecule has 1 atom stereocenters. The number of rotatable bonds is 4. The molecule has 0 aromatic heterocycles. The van der Waals surface area contributed by atoms with Crippen LogP contribution in [0.3, 0.4) is 0 Å². The molecule has 1 fully saturated rings. The summed E-state index contributed by atoms with van der Waals surface area (Å²) >= 11 is 0. The van der Waals surface area contributed by atoms with Gasteiger partial charge in [-0.1, -0.05) is 42.5 Å². The van der Waals surface area contributed by atoms with Crippen molar-refractivity contribution < 1.29 is 0 Å². The number of anilines is 1. The van der Waals surface area contributed by atoms with Gasteiger partial charge in [-0.2, -0.15) is 0 Å². The van der Waals surface area contributed by atoms with Crippen molar-refractivity contribution >= 4 is 5.69 Å². The lowest BCUT2D eigenvalue weighted by molar-refractivity contribution is 0.339. The van der Waals surface area contributed by atoms with E-state index in [1.165, 1.54) is 24.1 Å². The van der Waals surface area contributed by atoms with Crippen LogP contribution in [0, 0.1) is 0 Å². The highest BCUT2D eigenvalue weighted by Gasteiger charge is 2.23. The quantitative estimate of drug-likeness (QED) is 0.860. The lowest BCUT2D eigenvalue weighted by atomic mass is 9.98. The summed E-state index contributed by atoms with van der Waals surface area (Å²) in [4.78, 5) is 2.57. The Morgan fingerprint density at radius 2 is 1.90 bits per heavy atom. The first-order valence-corrected chi connectivity index (χ1v) is 7.43. The number of hydrogen-bond donors (Lipinski definition) is 1. The van der Waals surface area contributed by atoms with Gasteiger partial charge >= 0.3 is 0 Å². The highest BCUT2D eigenvalue weighted by atomic mass is 15.1. The van der Waals surface area contributed by atoms with E-state index < -0.39 is 0 Å². The van der Waals surface area contributed by atoms with Gasteiger partial charge in [0.15, 0.2) is 0 Å². The van der Waals surface area contributed by atoms with E-state index in [1.54, 1.807) is 0 Å². The molecule has 2 aromatic carbocycles. The third-order valence-electron chi connectivity index (χ3n) is 4.21. The van der Waals surface area contributed by atoms with Gasteiger partial charge in [0.05, 0.1) is 0 Å². The molecule has 0 spiro atoms. The molecule has 0 amide bonds. The maximum atomic E-state index is 5.88. The van der Waals surface area contributed by atoms with E-state index >= 15 is 0 Å². The molecule has 1 unspecified atom stereocenters. The lowest BCUT2D eigenvalue weighted by Gasteiger charge is -2.16. The molecule has 104 valence electrons. The van der Waals surface area contributed by atoms with Crippen molar-refractivity contribution in [3.8, 4) is 0 Å². The third kappa shape index (κ3) is 3.20. The first-order chi connectivity index (χ1) is 9.81. The first-order valence-electron chi connectivity index (χ1n) is 7.43. The van der Waals surface area contributed by atoms with Gasteiger partial charge in [-0.05, 0) is 48.6 Å². The Bertz CT molecular complexity index is 550. The van der Waals surface area contributed by atoms with E-state index in [4.69, 9.17) is 5.73 Å². The van der Waals surface area contributed by atoms with Gasteiger partial charge in [0.2, 0.25) is 0 Å². The van der Waals surface area contributed by atoms with Gasteiger partial charge in [0, 0.05) is 18.8 Å². The second-order valence-corrected chi connectivity index (χ2v) is 5.69. The molecule has 0 radical (unpaired) electrons. The highest BCUT2D eigenvalue weighted by Crippen LogP contribution is 2.28. The number of nitrogen functional groups attached to an aromatic ring is 1. The molecule has 0 aliphatic carbocycles. The fraction of sp³-hybridized carbons (Fsp3) is 0.333. The Labute approximate surface area is 121 Å². The largest absolute Gasteiger partial charge is 0.399 e. The molecule has 1 heterocycles. The van der Waals surface area contributed by atoms with Crippen LogP contribution in [0.5, 0.6) is 0 Å². The van der Waals surface area contributed by atoms with E-state index in [2.05, 4.69) is 53.4 Å². The van der Waals surface area contributed by atoms with Crippen LogP contribution in [0.25, 0.3) is 0 Å². The van der Waals surface area contributed by atoms with E-state index in [1.807, 2.05) is 6.07 Å². The van der Waals surface area contributed by atoms with Crippen LogP contribution in [0.1, 0.15) is 23.5 Å². The van der Waals surface area contributed by atoms with Gasteiger partial charge in [-0.15, -0.1) is 0 Å². The average molecular weight is 266 g/mol. The average Bonchev–Trinajstić information content (AvgIpc) is 2.95. The fourth-order valence-electron chi connectivity index (χ4n) is 3.05. The minimum absolute atomic E-state index is 0.647. The zero-order chi connectivity index (χ0) is 13.8. The standard InChI is InChI=1S/C18H22N2/c19-18-8-4-7-16(13-18)17-10-12-20(14-17)11-9-15-5-2-1-3-6-15/h1-8,13,17H,9-12,14,19H2. The molecule has 20 heavy (non-hydrogen) atoms. The van der Waals surface area contributed by atoms with E-state index in [-0.39, 0.29) is 0 Å². The molecule has 1 aliphatic heterocycles. The zero-order valence-electron chi connectivity index (χ0n) is 11.8. The van der Waals surface area contributed by atoms with Crippen LogP contribution >= 0.6 is 0 Å². The topological polar surface area (TPSA) is 29.3 Å². The molecule has 3 rings (SSSR count). The minimum Gasteiger partial charge on any atom is -0.399 e. The van der Waals surface area contributed by atoms with Gasteiger partial charge in [0.1, 0.15) is 0 Å². The predicted octanol–water partition coefficient (Wildman–Crippen LogP) is 3.30. The van der Waals surface area contributed by atoms with Crippen LogP contribution in [-0.2, 0) is 6.42 Å². The monoisotopic (exact) mass is 266 g/mol.